The molecule has 0 N–H and O–H groups in total. The van der Waals surface area contributed by atoms with Gasteiger partial charge in [0.05, 0.1) is 11.4 Å². The predicted molar refractivity (Wildman–Crippen MR) is 51.0 cm³/mol. The number of para-hydroxylation sites is 2. The Morgan fingerprint density at radius 1 is 1.33 bits per heavy atom. The van der Waals surface area contributed by atoms with Crippen molar-refractivity contribution in [1.29, 1.82) is 0 Å². The average molecular weight is 161 g/mol. The molecular weight excluding hydrogens is 148 g/mol. The number of benzene rings is 1. The highest BCUT2D eigenvalue weighted by Gasteiger charge is 2.10. The van der Waals surface area contributed by atoms with Crippen LogP contribution in [0, 0.1) is 0 Å². The van der Waals surface area contributed by atoms with Crippen molar-refractivity contribution in [2.45, 2.75) is 6.42 Å². The molecule has 1 aromatic carbocycles. The molecule has 2 heteroatoms. The monoisotopic (exact) mass is 161 g/mol. The summed E-state index contributed by atoms with van der Waals surface area (Å²) in [6.45, 7) is 2.07. The summed E-state index contributed by atoms with van der Waals surface area (Å²) < 4.78 is 0. The van der Waals surface area contributed by atoms with Gasteiger partial charge in [0.2, 0.25) is 0 Å². The molecule has 0 saturated carbocycles. The van der Waals surface area contributed by atoms with Gasteiger partial charge in [-0.3, -0.25) is 5.32 Å². The summed E-state index contributed by atoms with van der Waals surface area (Å²) in [5.41, 5.74) is 2.40. The van der Waals surface area contributed by atoms with Crippen LogP contribution in [0.3, 0.4) is 0 Å². The maximum Gasteiger partial charge on any atom is 0.0807 e. The first-order chi connectivity index (χ1) is 5.88. The van der Waals surface area contributed by atoms with E-state index in [1.807, 2.05) is 6.07 Å². The summed E-state index contributed by atoms with van der Waals surface area (Å²) in [5, 5.41) is 4.50. The Labute approximate surface area is 73.2 Å². The Kier molecular flexibility index (Phi) is 1.90. The van der Waals surface area contributed by atoms with Crippen LogP contribution in [0.4, 0.5) is 11.4 Å². The lowest BCUT2D eigenvalue weighted by Gasteiger charge is -2.17. The van der Waals surface area contributed by atoms with Gasteiger partial charge in [0.1, 0.15) is 0 Å². The number of hydrogen-bond donors (Lipinski definition) is 0. The van der Waals surface area contributed by atoms with Crippen molar-refractivity contribution in [2.75, 3.05) is 25.0 Å². The van der Waals surface area contributed by atoms with E-state index in [-0.39, 0.29) is 0 Å². The molecule has 2 nitrogen and oxygen atoms in total. The molecule has 1 aromatic rings. The zero-order valence-electron chi connectivity index (χ0n) is 7.33. The molecule has 1 radical (unpaired) electrons. The fraction of sp³-hybridized carbons (Fsp3) is 0.400. The Hall–Kier alpha value is -1.18. The first-order valence-electron chi connectivity index (χ1n) is 4.35. The van der Waals surface area contributed by atoms with Crippen LogP contribution in [-0.2, 0) is 0 Å². The molecule has 0 fully saturated rings. The smallest absolute Gasteiger partial charge is 0.0807 e. The third-order valence-electron chi connectivity index (χ3n) is 2.23. The van der Waals surface area contributed by atoms with E-state index in [0.29, 0.717) is 0 Å². The van der Waals surface area contributed by atoms with Gasteiger partial charge in [0.15, 0.2) is 0 Å². The van der Waals surface area contributed by atoms with Gasteiger partial charge in [0, 0.05) is 20.1 Å². The third-order valence-corrected chi connectivity index (χ3v) is 2.23. The number of anilines is 1. The van der Waals surface area contributed by atoms with E-state index in [4.69, 9.17) is 0 Å². The summed E-state index contributed by atoms with van der Waals surface area (Å²) in [7, 11) is 2.12. The Balaban J connectivity index is 2.39. The van der Waals surface area contributed by atoms with Crippen molar-refractivity contribution in [1.82, 2.24) is 5.32 Å². The minimum absolute atomic E-state index is 0.960. The number of nitrogens with zero attached hydrogens (tertiary/aromatic N) is 2. The largest absolute Gasteiger partial charge is 0.373 e. The van der Waals surface area contributed by atoms with Gasteiger partial charge in [-0.25, -0.2) is 0 Å². The summed E-state index contributed by atoms with van der Waals surface area (Å²) >= 11 is 0. The van der Waals surface area contributed by atoms with E-state index in [0.717, 1.165) is 25.2 Å². The quantitative estimate of drug-likeness (QED) is 0.566. The van der Waals surface area contributed by atoms with Crippen molar-refractivity contribution < 1.29 is 0 Å². The van der Waals surface area contributed by atoms with Crippen molar-refractivity contribution in [2.24, 2.45) is 0 Å². The van der Waals surface area contributed by atoms with E-state index in [2.05, 4.69) is 35.5 Å². The fourth-order valence-electron chi connectivity index (χ4n) is 1.55. The highest BCUT2D eigenvalue weighted by atomic mass is 15.1. The summed E-state index contributed by atoms with van der Waals surface area (Å²) in [4.78, 5) is 2.27. The molecule has 0 bridgehead atoms. The van der Waals surface area contributed by atoms with Gasteiger partial charge in [-0.1, -0.05) is 12.1 Å². The predicted octanol–water partition coefficient (Wildman–Crippen LogP) is 1.76. The third kappa shape index (κ3) is 1.24. The zero-order valence-corrected chi connectivity index (χ0v) is 7.33. The summed E-state index contributed by atoms with van der Waals surface area (Å²) in [5.74, 6) is 0. The average Bonchev–Trinajstić information content (AvgIpc) is 2.29. The normalized spacial score (nSPS) is 16.2. The van der Waals surface area contributed by atoms with Gasteiger partial charge in [0.25, 0.3) is 0 Å². The zero-order chi connectivity index (χ0) is 8.39. The number of hydrogen-bond acceptors (Lipinski definition) is 1. The van der Waals surface area contributed by atoms with Gasteiger partial charge in [-0.15, -0.1) is 0 Å². The maximum atomic E-state index is 4.50. The second kappa shape index (κ2) is 3.05. The maximum absolute atomic E-state index is 4.50. The highest BCUT2D eigenvalue weighted by Crippen LogP contribution is 2.26. The minimum Gasteiger partial charge on any atom is -0.373 e. The Bertz CT molecular complexity index is 270. The molecule has 1 aliphatic rings. The summed E-state index contributed by atoms with van der Waals surface area (Å²) in [6, 6.07) is 8.32. The molecule has 1 heterocycles. The molecule has 0 saturated heterocycles. The van der Waals surface area contributed by atoms with Gasteiger partial charge >= 0.3 is 0 Å². The van der Waals surface area contributed by atoms with Crippen molar-refractivity contribution in [3.8, 4) is 0 Å². The Morgan fingerprint density at radius 3 is 3.08 bits per heavy atom. The van der Waals surface area contributed by atoms with Crippen LogP contribution in [0.5, 0.6) is 0 Å². The highest BCUT2D eigenvalue weighted by molar-refractivity contribution is 5.66. The lowest BCUT2D eigenvalue weighted by atomic mass is 10.2. The van der Waals surface area contributed by atoms with E-state index in [9.17, 15) is 0 Å². The lowest BCUT2D eigenvalue weighted by molar-refractivity contribution is 0.763. The van der Waals surface area contributed by atoms with E-state index in [1.54, 1.807) is 0 Å². The number of fused-ring (bicyclic) bond motifs is 1. The van der Waals surface area contributed by atoms with Gasteiger partial charge in [-0.05, 0) is 18.6 Å². The van der Waals surface area contributed by atoms with Crippen LogP contribution >= 0.6 is 0 Å². The van der Waals surface area contributed by atoms with Gasteiger partial charge in [-0.2, -0.15) is 0 Å². The molecule has 0 atom stereocenters. The standard InChI is InChI=1S/C10H13N2/c1-12-8-4-7-11-9-5-2-3-6-10(9)12/h2-3,5-6H,4,7-8H2,1H3. The molecule has 0 aliphatic carbocycles. The lowest BCUT2D eigenvalue weighted by Crippen LogP contribution is -2.17. The van der Waals surface area contributed by atoms with Crippen molar-refractivity contribution in [3.63, 3.8) is 0 Å². The van der Waals surface area contributed by atoms with Crippen LogP contribution in [-0.4, -0.2) is 20.1 Å². The minimum atomic E-state index is 0.960. The SMILES string of the molecule is CN1CCC[N]c2ccccc21. The molecule has 12 heavy (non-hydrogen) atoms. The van der Waals surface area contributed by atoms with Gasteiger partial charge < -0.3 is 4.90 Å². The van der Waals surface area contributed by atoms with E-state index < -0.39 is 0 Å². The molecule has 63 valence electrons. The van der Waals surface area contributed by atoms with Crippen LogP contribution < -0.4 is 10.2 Å². The topological polar surface area (TPSA) is 17.3 Å². The van der Waals surface area contributed by atoms with E-state index in [1.165, 1.54) is 5.69 Å². The number of rotatable bonds is 0. The fourth-order valence-corrected chi connectivity index (χ4v) is 1.55. The first-order valence-corrected chi connectivity index (χ1v) is 4.35. The second-order valence-corrected chi connectivity index (χ2v) is 3.15. The van der Waals surface area contributed by atoms with Crippen molar-refractivity contribution in [3.05, 3.63) is 24.3 Å². The molecular formula is C10H13N2. The van der Waals surface area contributed by atoms with Crippen LogP contribution in [0.15, 0.2) is 24.3 Å². The Morgan fingerprint density at radius 2 is 2.17 bits per heavy atom. The molecule has 2 rings (SSSR count). The first kappa shape index (κ1) is 7.47. The van der Waals surface area contributed by atoms with E-state index >= 15 is 0 Å². The van der Waals surface area contributed by atoms with Crippen LogP contribution in [0.1, 0.15) is 6.42 Å². The van der Waals surface area contributed by atoms with Crippen LogP contribution in [0.25, 0.3) is 0 Å². The molecule has 0 amide bonds. The van der Waals surface area contributed by atoms with Crippen molar-refractivity contribution >= 4 is 11.4 Å². The molecule has 0 aromatic heterocycles. The second-order valence-electron chi connectivity index (χ2n) is 3.15. The molecule has 1 aliphatic heterocycles. The molecule has 0 spiro atoms. The molecule has 0 unspecified atom stereocenters. The van der Waals surface area contributed by atoms with Crippen LogP contribution in [0.2, 0.25) is 0 Å². The summed E-state index contributed by atoms with van der Waals surface area (Å²) in [6.07, 6.45) is 1.16.